The predicted molar refractivity (Wildman–Crippen MR) is 57.6 cm³/mol. The lowest BCUT2D eigenvalue weighted by Gasteiger charge is -2.00. The normalized spacial score (nSPS) is 10.4. The van der Waals surface area contributed by atoms with Gasteiger partial charge in [-0.15, -0.1) is 11.8 Å². The molecule has 1 aromatic rings. The van der Waals surface area contributed by atoms with Gasteiger partial charge in [-0.1, -0.05) is 24.3 Å². The van der Waals surface area contributed by atoms with Crippen LogP contribution < -0.4 is 5.32 Å². The highest BCUT2D eigenvalue weighted by molar-refractivity contribution is 8.01. The van der Waals surface area contributed by atoms with Crippen LogP contribution in [0.4, 0.5) is 5.69 Å². The number of benzene rings is 1. The second-order valence-corrected chi connectivity index (χ2v) is 3.10. The van der Waals surface area contributed by atoms with Crippen molar-refractivity contribution < 1.29 is 0 Å². The van der Waals surface area contributed by atoms with Gasteiger partial charge in [0, 0.05) is 12.2 Å². The number of para-hydroxylation sites is 1. The Balaban J connectivity index is 2.29. The highest BCUT2D eigenvalue weighted by atomic mass is 32.2. The summed E-state index contributed by atoms with van der Waals surface area (Å²) in [6, 6.07) is 10.2. The SMILES string of the molecule is CS/C=C/CNc1ccccc1. The minimum absolute atomic E-state index is 0.894. The predicted octanol–water partition coefficient (Wildman–Crippen LogP) is 2.98. The van der Waals surface area contributed by atoms with Gasteiger partial charge in [-0.3, -0.25) is 0 Å². The second-order valence-electron chi connectivity index (χ2n) is 2.35. The first-order chi connectivity index (χ1) is 5.93. The maximum Gasteiger partial charge on any atom is 0.0342 e. The fourth-order valence-electron chi connectivity index (χ4n) is 0.877. The molecule has 2 heteroatoms. The summed E-state index contributed by atoms with van der Waals surface area (Å²) in [5.41, 5.74) is 1.17. The highest BCUT2D eigenvalue weighted by Gasteiger charge is 1.83. The van der Waals surface area contributed by atoms with E-state index in [-0.39, 0.29) is 0 Å². The van der Waals surface area contributed by atoms with E-state index >= 15 is 0 Å². The molecule has 0 aliphatic heterocycles. The van der Waals surface area contributed by atoms with Crippen molar-refractivity contribution in [3.05, 3.63) is 41.8 Å². The van der Waals surface area contributed by atoms with Gasteiger partial charge in [0.05, 0.1) is 0 Å². The molecule has 12 heavy (non-hydrogen) atoms. The number of thioether (sulfide) groups is 1. The fourth-order valence-corrected chi connectivity index (χ4v) is 1.17. The molecule has 1 nitrogen and oxygen atoms in total. The second kappa shape index (κ2) is 5.72. The van der Waals surface area contributed by atoms with Crippen molar-refractivity contribution in [2.24, 2.45) is 0 Å². The van der Waals surface area contributed by atoms with Crippen LogP contribution in [-0.4, -0.2) is 12.8 Å². The van der Waals surface area contributed by atoms with Gasteiger partial charge in [0.25, 0.3) is 0 Å². The lowest BCUT2D eigenvalue weighted by atomic mass is 10.3. The molecule has 0 saturated carbocycles. The van der Waals surface area contributed by atoms with Crippen LogP contribution in [0.15, 0.2) is 41.8 Å². The molecular weight excluding hydrogens is 166 g/mol. The molecule has 0 aliphatic rings. The maximum absolute atomic E-state index is 3.28. The lowest BCUT2D eigenvalue weighted by molar-refractivity contribution is 1.34. The molecule has 0 amide bonds. The van der Waals surface area contributed by atoms with Gasteiger partial charge in [0.2, 0.25) is 0 Å². The van der Waals surface area contributed by atoms with Crippen molar-refractivity contribution in [1.29, 1.82) is 0 Å². The molecule has 1 aromatic carbocycles. The van der Waals surface area contributed by atoms with Crippen molar-refractivity contribution in [3.8, 4) is 0 Å². The molecule has 0 fully saturated rings. The Labute approximate surface area is 77.9 Å². The van der Waals surface area contributed by atoms with Crippen molar-refractivity contribution in [2.75, 3.05) is 18.1 Å². The van der Waals surface area contributed by atoms with Crippen molar-refractivity contribution >= 4 is 17.4 Å². The smallest absolute Gasteiger partial charge is 0.0342 e. The van der Waals surface area contributed by atoms with Crippen LogP contribution in [-0.2, 0) is 0 Å². The quantitative estimate of drug-likeness (QED) is 0.762. The van der Waals surface area contributed by atoms with E-state index in [2.05, 4.69) is 35.2 Å². The van der Waals surface area contributed by atoms with Crippen molar-refractivity contribution in [3.63, 3.8) is 0 Å². The molecule has 0 unspecified atom stereocenters. The topological polar surface area (TPSA) is 12.0 Å². The Morgan fingerprint density at radius 3 is 2.75 bits per heavy atom. The van der Waals surface area contributed by atoms with Gasteiger partial charge in [0.15, 0.2) is 0 Å². The average molecular weight is 179 g/mol. The molecule has 0 saturated heterocycles. The lowest BCUT2D eigenvalue weighted by Crippen LogP contribution is -1.96. The summed E-state index contributed by atoms with van der Waals surface area (Å²) >= 11 is 1.72. The van der Waals surface area contributed by atoms with Crippen LogP contribution >= 0.6 is 11.8 Å². The maximum atomic E-state index is 3.28. The van der Waals surface area contributed by atoms with E-state index in [1.165, 1.54) is 5.69 Å². The summed E-state index contributed by atoms with van der Waals surface area (Å²) in [6.45, 7) is 0.894. The Kier molecular flexibility index (Phi) is 4.39. The van der Waals surface area contributed by atoms with E-state index in [1.807, 2.05) is 18.2 Å². The zero-order valence-electron chi connectivity index (χ0n) is 7.16. The highest BCUT2D eigenvalue weighted by Crippen LogP contribution is 2.04. The number of nitrogens with one attached hydrogen (secondary N) is 1. The molecular formula is C10H13NS. The number of rotatable bonds is 4. The van der Waals surface area contributed by atoms with Gasteiger partial charge in [-0.2, -0.15) is 0 Å². The van der Waals surface area contributed by atoms with Gasteiger partial charge < -0.3 is 5.32 Å². The monoisotopic (exact) mass is 179 g/mol. The number of anilines is 1. The van der Waals surface area contributed by atoms with Crippen LogP contribution in [0, 0.1) is 0 Å². The standard InChI is InChI=1S/C10H13NS/c1-12-9-5-8-11-10-6-3-2-4-7-10/h2-7,9,11H,8H2,1H3/b9-5+. The minimum atomic E-state index is 0.894. The van der Waals surface area contributed by atoms with E-state index in [9.17, 15) is 0 Å². The minimum Gasteiger partial charge on any atom is -0.382 e. The third-order valence-corrected chi connectivity index (χ3v) is 1.89. The van der Waals surface area contributed by atoms with E-state index < -0.39 is 0 Å². The molecule has 0 bridgehead atoms. The summed E-state index contributed by atoms with van der Waals surface area (Å²) in [4.78, 5) is 0. The van der Waals surface area contributed by atoms with E-state index in [0.29, 0.717) is 0 Å². The van der Waals surface area contributed by atoms with Crippen LogP contribution in [0.5, 0.6) is 0 Å². The molecule has 0 heterocycles. The summed E-state index contributed by atoms with van der Waals surface area (Å²) < 4.78 is 0. The molecule has 64 valence electrons. The van der Waals surface area contributed by atoms with Gasteiger partial charge in [-0.25, -0.2) is 0 Å². The molecule has 0 aliphatic carbocycles. The number of hydrogen-bond acceptors (Lipinski definition) is 2. The molecule has 1 N–H and O–H groups in total. The molecule has 0 aromatic heterocycles. The third kappa shape index (κ3) is 3.49. The first-order valence-corrected chi connectivity index (χ1v) is 5.19. The zero-order chi connectivity index (χ0) is 8.65. The first-order valence-electron chi connectivity index (χ1n) is 3.90. The Bertz CT molecular complexity index is 231. The Morgan fingerprint density at radius 1 is 1.33 bits per heavy atom. The average Bonchev–Trinajstić information content (AvgIpc) is 2.14. The largest absolute Gasteiger partial charge is 0.382 e. The molecule has 0 radical (unpaired) electrons. The summed E-state index contributed by atoms with van der Waals surface area (Å²) in [7, 11) is 0. The van der Waals surface area contributed by atoms with Gasteiger partial charge in [0.1, 0.15) is 0 Å². The van der Waals surface area contributed by atoms with Crippen LogP contribution in [0.1, 0.15) is 0 Å². The molecule has 1 rings (SSSR count). The molecule has 0 atom stereocenters. The number of hydrogen-bond donors (Lipinski definition) is 1. The summed E-state index contributed by atoms with van der Waals surface area (Å²) in [6.07, 6.45) is 4.16. The summed E-state index contributed by atoms with van der Waals surface area (Å²) in [5, 5.41) is 5.36. The molecule has 0 spiro atoms. The Morgan fingerprint density at radius 2 is 2.08 bits per heavy atom. The van der Waals surface area contributed by atoms with Crippen LogP contribution in [0.25, 0.3) is 0 Å². The van der Waals surface area contributed by atoms with Crippen molar-refractivity contribution in [1.82, 2.24) is 0 Å². The van der Waals surface area contributed by atoms with Gasteiger partial charge in [-0.05, 0) is 23.8 Å². The van der Waals surface area contributed by atoms with Crippen molar-refractivity contribution in [2.45, 2.75) is 0 Å². The van der Waals surface area contributed by atoms with E-state index in [1.54, 1.807) is 11.8 Å². The van der Waals surface area contributed by atoms with E-state index in [4.69, 9.17) is 0 Å². The fraction of sp³-hybridized carbons (Fsp3) is 0.200. The van der Waals surface area contributed by atoms with Crippen LogP contribution in [0.2, 0.25) is 0 Å². The third-order valence-electron chi connectivity index (χ3n) is 1.43. The van der Waals surface area contributed by atoms with Gasteiger partial charge >= 0.3 is 0 Å². The summed E-state index contributed by atoms with van der Waals surface area (Å²) in [5.74, 6) is 0. The zero-order valence-corrected chi connectivity index (χ0v) is 7.97. The Hall–Kier alpha value is -0.890. The first kappa shape index (κ1) is 9.20. The van der Waals surface area contributed by atoms with E-state index in [0.717, 1.165) is 6.54 Å². The van der Waals surface area contributed by atoms with Crippen LogP contribution in [0.3, 0.4) is 0 Å².